The quantitative estimate of drug-likeness (QED) is 0.652. The largest absolute Gasteiger partial charge is 0.454 e. The first-order valence-corrected chi connectivity index (χ1v) is 6.65. The lowest BCUT2D eigenvalue weighted by Crippen LogP contribution is -2.18. The van der Waals surface area contributed by atoms with Crippen molar-refractivity contribution in [1.29, 1.82) is 0 Å². The van der Waals surface area contributed by atoms with Crippen molar-refractivity contribution >= 4 is 5.91 Å². The second kappa shape index (κ2) is 6.85. The molecule has 0 fully saturated rings. The van der Waals surface area contributed by atoms with Gasteiger partial charge in [0.25, 0.3) is 5.91 Å². The van der Waals surface area contributed by atoms with Gasteiger partial charge in [-0.05, 0) is 42.3 Å². The number of aryl methyl sites for hydroxylation is 1. The summed E-state index contributed by atoms with van der Waals surface area (Å²) in [6.07, 6.45) is 2.04. The van der Waals surface area contributed by atoms with Gasteiger partial charge in [0, 0.05) is 5.56 Å². The van der Waals surface area contributed by atoms with Crippen molar-refractivity contribution in [3.63, 3.8) is 0 Å². The molecule has 2 aromatic carbocycles. The summed E-state index contributed by atoms with van der Waals surface area (Å²) in [6.45, 7) is 2.10. The van der Waals surface area contributed by atoms with Crippen LogP contribution in [0.3, 0.4) is 0 Å². The number of hydroxylamine groups is 1. The Balaban J connectivity index is 2.14. The Hall–Kier alpha value is -2.40. The number of benzene rings is 2. The normalized spacial score (nSPS) is 10.2. The molecule has 2 aromatic rings. The van der Waals surface area contributed by atoms with Gasteiger partial charge in [-0.25, -0.2) is 9.87 Å². The number of halogens is 1. The maximum atomic E-state index is 13.8. The first-order valence-electron chi connectivity index (χ1n) is 6.65. The van der Waals surface area contributed by atoms with Crippen LogP contribution in [-0.2, 0) is 6.42 Å². The fraction of sp³-hybridized carbons (Fsp3) is 0.188. The van der Waals surface area contributed by atoms with E-state index < -0.39 is 11.7 Å². The molecule has 0 unspecified atom stereocenters. The minimum Gasteiger partial charge on any atom is -0.454 e. The minimum atomic E-state index is -0.774. The molecule has 0 saturated carbocycles. The Bertz CT molecular complexity index is 626. The van der Waals surface area contributed by atoms with Gasteiger partial charge < -0.3 is 4.74 Å². The number of amides is 1. The second-order valence-electron chi connectivity index (χ2n) is 4.58. The highest BCUT2D eigenvalue weighted by Crippen LogP contribution is 2.25. The van der Waals surface area contributed by atoms with Crippen molar-refractivity contribution in [2.75, 3.05) is 0 Å². The average Bonchev–Trinajstić information content (AvgIpc) is 2.50. The van der Waals surface area contributed by atoms with Crippen molar-refractivity contribution < 1.29 is 19.1 Å². The van der Waals surface area contributed by atoms with Gasteiger partial charge in [-0.2, -0.15) is 0 Å². The predicted octanol–water partition coefficient (Wildman–Crippen LogP) is 3.69. The molecule has 1 amide bonds. The highest BCUT2D eigenvalue weighted by molar-refractivity contribution is 5.93. The summed E-state index contributed by atoms with van der Waals surface area (Å²) < 4.78 is 19.3. The number of carbonyl (C=O) groups is 1. The van der Waals surface area contributed by atoms with Gasteiger partial charge in [-0.15, -0.1) is 0 Å². The van der Waals surface area contributed by atoms with E-state index in [9.17, 15) is 9.18 Å². The van der Waals surface area contributed by atoms with Crippen LogP contribution in [0.15, 0.2) is 42.5 Å². The molecular weight excluding hydrogens is 273 g/mol. The Labute approximate surface area is 122 Å². The van der Waals surface area contributed by atoms with E-state index in [2.05, 4.69) is 6.92 Å². The van der Waals surface area contributed by atoms with E-state index in [-0.39, 0.29) is 11.3 Å². The molecular formula is C16H16FNO3. The maximum absolute atomic E-state index is 13.8. The van der Waals surface area contributed by atoms with Gasteiger partial charge in [0.2, 0.25) is 0 Å². The van der Waals surface area contributed by atoms with E-state index in [1.54, 1.807) is 12.1 Å². The standard InChI is InChI=1S/C16H16FNO3/c1-2-3-11-4-7-13(8-5-11)21-15-9-6-12(10-14(15)17)16(19)18-20/h4-10,20H,2-3H2,1H3,(H,18,19). The highest BCUT2D eigenvalue weighted by atomic mass is 19.1. The lowest BCUT2D eigenvalue weighted by atomic mass is 10.1. The van der Waals surface area contributed by atoms with Crippen molar-refractivity contribution in [3.8, 4) is 11.5 Å². The minimum absolute atomic E-state index is 0.0145. The fourth-order valence-electron chi connectivity index (χ4n) is 1.93. The molecule has 2 rings (SSSR count). The number of nitrogens with one attached hydrogen (secondary N) is 1. The van der Waals surface area contributed by atoms with Crippen molar-refractivity contribution in [1.82, 2.24) is 5.48 Å². The molecule has 0 radical (unpaired) electrons. The monoisotopic (exact) mass is 289 g/mol. The summed E-state index contributed by atoms with van der Waals surface area (Å²) >= 11 is 0. The number of hydrogen-bond donors (Lipinski definition) is 2. The van der Waals surface area contributed by atoms with Crippen LogP contribution >= 0.6 is 0 Å². The predicted molar refractivity (Wildman–Crippen MR) is 76.2 cm³/mol. The zero-order chi connectivity index (χ0) is 15.2. The zero-order valence-electron chi connectivity index (χ0n) is 11.6. The van der Waals surface area contributed by atoms with E-state index in [4.69, 9.17) is 9.94 Å². The molecule has 5 heteroatoms. The van der Waals surface area contributed by atoms with Gasteiger partial charge in [0.15, 0.2) is 11.6 Å². The molecule has 0 spiro atoms. The summed E-state index contributed by atoms with van der Waals surface area (Å²) in [6, 6.07) is 11.1. The van der Waals surface area contributed by atoms with Crippen LogP contribution in [-0.4, -0.2) is 11.1 Å². The second-order valence-corrected chi connectivity index (χ2v) is 4.58. The Morgan fingerprint density at radius 2 is 1.95 bits per heavy atom. The van der Waals surface area contributed by atoms with E-state index in [1.165, 1.54) is 23.2 Å². The van der Waals surface area contributed by atoms with E-state index in [1.807, 2.05) is 12.1 Å². The van der Waals surface area contributed by atoms with Crippen molar-refractivity contribution in [3.05, 3.63) is 59.4 Å². The number of ether oxygens (including phenoxy) is 1. The Morgan fingerprint density at radius 3 is 2.52 bits per heavy atom. The highest BCUT2D eigenvalue weighted by Gasteiger charge is 2.10. The number of hydrogen-bond acceptors (Lipinski definition) is 3. The summed E-state index contributed by atoms with van der Waals surface area (Å²) in [5.74, 6) is -0.904. The first-order chi connectivity index (χ1) is 10.1. The van der Waals surface area contributed by atoms with Crippen LogP contribution < -0.4 is 10.2 Å². The van der Waals surface area contributed by atoms with Gasteiger partial charge in [-0.1, -0.05) is 25.5 Å². The summed E-state index contributed by atoms with van der Waals surface area (Å²) in [4.78, 5) is 11.2. The summed E-state index contributed by atoms with van der Waals surface area (Å²) in [5, 5.41) is 8.50. The van der Waals surface area contributed by atoms with Gasteiger partial charge in [0.1, 0.15) is 5.75 Å². The maximum Gasteiger partial charge on any atom is 0.274 e. The Kier molecular flexibility index (Phi) is 4.90. The molecule has 21 heavy (non-hydrogen) atoms. The van der Waals surface area contributed by atoms with E-state index >= 15 is 0 Å². The van der Waals surface area contributed by atoms with Crippen molar-refractivity contribution in [2.24, 2.45) is 0 Å². The first kappa shape index (κ1) is 15.0. The molecule has 0 aliphatic heterocycles. The van der Waals surface area contributed by atoms with Crippen LogP contribution in [0.1, 0.15) is 29.3 Å². The average molecular weight is 289 g/mol. The zero-order valence-corrected chi connectivity index (χ0v) is 11.6. The molecule has 4 nitrogen and oxygen atoms in total. The fourth-order valence-corrected chi connectivity index (χ4v) is 1.93. The Morgan fingerprint density at radius 1 is 1.24 bits per heavy atom. The third-order valence-corrected chi connectivity index (χ3v) is 2.99. The lowest BCUT2D eigenvalue weighted by molar-refractivity contribution is 0.0706. The van der Waals surface area contributed by atoms with E-state index in [0.717, 1.165) is 18.9 Å². The molecule has 0 heterocycles. The SMILES string of the molecule is CCCc1ccc(Oc2ccc(C(=O)NO)cc2F)cc1. The van der Waals surface area contributed by atoms with Crippen LogP contribution in [0.25, 0.3) is 0 Å². The summed E-state index contributed by atoms with van der Waals surface area (Å²) in [7, 11) is 0. The lowest BCUT2D eigenvalue weighted by Gasteiger charge is -2.08. The molecule has 110 valence electrons. The smallest absolute Gasteiger partial charge is 0.274 e. The van der Waals surface area contributed by atoms with E-state index in [0.29, 0.717) is 5.75 Å². The number of carbonyl (C=O) groups excluding carboxylic acids is 1. The molecule has 0 bridgehead atoms. The topological polar surface area (TPSA) is 58.6 Å². The van der Waals surface area contributed by atoms with Gasteiger partial charge in [0.05, 0.1) is 0 Å². The van der Waals surface area contributed by atoms with Gasteiger partial charge >= 0.3 is 0 Å². The van der Waals surface area contributed by atoms with Crippen LogP contribution in [0.4, 0.5) is 4.39 Å². The number of rotatable bonds is 5. The van der Waals surface area contributed by atoms with Crippen LogP contribution in [0.2, 0.25) is 0 Å². The molecule has 0 saturated heterocycles. The molecule has 2 N–H and O–H groups in total. The molecule has 0 aliphatic carbocycles. The van der Waals surface area contributed by atoms with Crippen LogP contribution in [0.5, 0.6) is 11.5 Å². The van der Waals surface area contributed by atoms with Gasteiger partial charge in [-0.3, -0.25) is 10.0 Å². The molecule has 0 aliphatic rings. The van der Waals surface area contributed by atoms with Crippen molar-refractivity contribution in [2.45, 2.75) is 19.8 Å². The third kappa shape index (κ3) is 3.79. The molecule has 0 atom stereocenters. The van der Waals surface area contributed by atoms with Crippen LogP contribution in [0, 0.1) is 5.82 Å². The summed E-state index contributed by atoms with van der Waals surface area (Å²) in [5.41, 5.74) is 2.66. The molecule has 0 aromatic heterocycles. The third-order valence-electron chi connectivity index (χ3n) is 2.99.